The number of carbonyl (C=O) groups excluding carboxylic acids is 2. The third-order valence-electron chi connectivity index (χ3n) is 5.09. The van der Waals surface area contributed by atoms with Crippen molar-refractivity contribution >= 4 is 47.7 Å². The van der Waals surface area contributed by atoms with Crippen LogP contribution >= 0.6 is 24.4 Å². The molecule has 0 fully saturated rings. The van der Waals surface area contributed by atoms with E-state index in [4.69, 9.17) is 24.4 Å². The Kier molecular flexibility index (Phi) is 7.68. The van der Waals surface area contributed by atoms with E-state index >= 15 is 0 Å². The second kappa shape index (κ2) is 9.90. The fourth-order valence-electron chi connectivity index (χ4n) is 3.74. The number of carboxylic acid groups (broad SMARTS) is 1. The van der Waals surface area contributed by atoms with Gasteiger partial charge in [-0.3, -0.25) is 19.6 Å². The molecule has 3 N–H and O–H groups in total. The Bertz CT molecular complexity index is 1240. The molecule has 31 heavy (non-hydrogen) atoms. The number of carbonyl (C=O) groups is 2. The van der Waals surface area contributed by atoms with Gasteiger partial charge in [-0.2, -0.15) is 0 Å². The first-order valence-electron chi connectivity index (χ1n) is 9.20. The normalized spacial score (nSPS) is 14.6. The number of aromatic nitrogens is 3. The summed E-state index contributed by atoms with van der Waals surface area (Å²) in [5.74, 6) is -1.60. The molecule has 1 unspecified atom stereocenters. The van der Waals surface area contributed by atoms with Gasteiger partial charge in [-0.05, 0) is 72.8 Å². The average molecular weight is 480 g/mol. The number of benzene rings is 2. The summed E-state index contributed by atoms with van der Waals surface area (Å²) >= 11 is 10.5. The molecule has 0 saturated carbocycles. The molecule has 0 bridgehead atoms. The minimum atomic E-state index is -1.10. The molecular weight excluding hydrogens is 461 g/mol. The molecule has 2 aromatic carbocycles. The Morgan fingerprint density at radius 2 is 1.87 bits per heavy atom. The number of hydrogen-bond acceptors (Lipinski definition) is 6. The number of rotatable bonds is 5. The molecular formula is C20H18KN5O3S2. The van der Waals surface area contributed by atoms with Crippen LogP contribution < -0.4 is 66.7 Å². The van der Waals surface area contributed by atoms with Crippen LogP contribution in [0.2, 0.25) is 0 Å². The number of nitrogens with one attached hydrogen (secondary N) is 3. The molecule has 0 radical (unpaired) electrons. The number of likely N-dealkylation sites (N-methyl/N-ethyl adjacent to an activating group) is 1. The van der Waals surface area contributed by atoms with Crippen LogP contribution in [0.25, 0.3) is 5.69 Å². The van der Waals surface area contributed by atoms with Crippen molar-refractivity contribution in [2.45, 2.75) is 12.3 Å². The van der Waals surface area contributed by atoms with Crippen molar-refractivity contribution in [1.82, 2.24) is 14.8 Å². The van der Waals surface area contributed by atoms with E-state index in [9.17, 15) is 14.7 Å². The Labute approximate surface area is 231 Å². The van der Waals surface area contributed by atoms with Crippen molar-refractivity contribution in [1.29, 1.82) is 0 Å². The third-order valence-corrected chi connectivity index (χ3v) is 5.66. The van der Waals surface area contributed by atoms with Crippen molar-refractivity contribution in [2.75, 3.05) is 23.8 Å². The van der Waals surface area contributed by atoms with Crippen LogP contribution in [-0.2, 0) is 4.79 Å². The summed E-state index contributed by atoms with van der Waals surface area (Å²) in [6, 6.07) is 12.5. The van der Waals surface area contributed by atoms with E-state index in [0.717, 1.165) is 11.3 Å². The van der Waals surface area contributed by atoms with Crippen molar-refractivity contribution in [3.8, 4) is 5.69 Å². The van der Waals surface area contributed by atoms with Crippen LogP contribution in [0.5, 0.6) is 0 Å². The van der Waals surface area contributed by atoms with Crippen LogP contribution in [-0.4, -0.2) is 40.2 Å². The van der Waals surface area contributed by atoms with E-state index in [1.165, 1.54) is 0 Å². The third kappa shape index (κ3) is 5.08. The second-order valence-corrected chi connectivity index (χ2v) is 7.90. The van der Waals surface area contributed by atoms with Gasteiger partial charge in [0, 0.05) is 42.4 Å². The molecule has 4 rings (SSSR count). The van der Waals surface area contributed by atoms with Crippen LogP contribution in [0.15, 0.2) is 42.5 Å². The molecule has 154 valence electrons. The summed E-state index contributed by atoms with van der Waals surface area (Å²) < 4.78 is 2.49. The zero-order chi connectivity index (χ0) is 21.4. The summed E-state index contributed by atoms with van der Waals surface area (Å²) in [5, 5.41) is 19.5. The van der Waals surface area contributed by atoms with Gasteiger partial charge in [0.25, 0.3) is 5.91 Å². The maximum absolute atomic E-state index is 12.8. The van der Waals surface area contributed by atoms with Gasteiger partial charge in [0.05, 0.1) is 5.69 Å². The first kappa shape index (κ1) is 24.0. The number of aliphatic carboxylic acids is 1. The Morgan fingerprint density at radius 3 is 2.55 bits per heavy atom. The van der Waals surface area contributed by atoms with Gasteiger partial charge in [0.1, 0.15) is 0 Å². The molecule has 1 amide bonds. The predicted octanol–water partition coefficient (Wildman–Crippen LogP) is -0.478. The first-order chi connectivity index (χ1) is 14.3. The van der Waals surface area contributed by atoms with Gasteiger partial charge in [0.2, 0.25) is 0 Å². The van der Waals surface area contributed by atoms with E-state index < -0.39 is 5.97 Å². The van der Waals surface area contributed by atoms with Crippen LogP contribution in [0.3, 0.4) is 0 Å². The largest absolute Gasteiger partial charge is 1.00 e. The van der Waals surface area contributed by atoms with E-state index in [1.54, 1.807) is 34.9 Å². The minimum absolute atomic E-state index is 0. The molecule has 2 heterocycles. The van der Waals surface area contributed by atoms with E-state index in [1.807, 2.05) is 24.1 Å². The number of aromatic amines is 2. The van der Waals surface area contributed by atoms with Crippen LogP contribution in [0.1, 0.15) is 28.3 Å². The first-order valence-corrected chi connectivity index (χ1v) is 10.0. The molecule has 1 aliphatic rings. The quantitative estimate of drug-likeness (QED) is 0.337. The van der Waals surface area contributed by atoms with Gasteiger partial charge in [-0.25, -0.2) is 0 Å². The molecule has 0 saturated heterocycles. The number of fused-ring (bicyclic) bond motifs is 1. The molecule has 1 aromatic heterocycles. The molecule has 3 aromatic rings. The van der Waals surface area contributed by atoms with Crippen molar-refractivity contribution in [3.63, 3.8) is 0 Å². The topological polar surface area (TPSA) is 109 Å². The monoisotopic (exact) mass is 479 g/mol. The predicted molar refractivity (Wildman–Crippen MR) is 116 cm³/mol. The van der Waals surface area contributed by atoms with E-state index in [-0.39, 0.29) is 69.6 Å². The van der Waals surface area contributed by atoms with Gasteiger partial charge in [-0.1, -0.05) is 6.07 Å². The average Bonchev–Trinajstić information content (AvgIpc) is 3.20. The number of H-pyrrole nitrogens is 2. The van der Waals surface area contributed by atoms with Crippen molar-refractivity contribution in [2.24, 2.45) is 0 Å². The molecule has 0 aliphatic carbocycles. The van der Waals surface area contributed by atoms with Gasteiger partial charge in [-0.15, -0.1) is 0 Å². The van der Waals surface area contributed by atoms with Crippen LogP contribution in [0, 0.1) is 9.54 Å². The smallest absolute Gasteiger partial charge is 0.550 e. The Hall–Kier alpha value is -1.60. The summed E-state index contributed by atoms with van der Waals surface area (Å²) in [5.41, 5.74) is 3.51. The fraction of sp³-hybridized carbons (Fsp3) is 0.200. The zero-order valence-corrected chi connectivity index (χ0v) is 21.7. The number of amides is 1. The standard InChI is InChI=1S/C20H19N5O3S2.K/c1-24-10-12(8-17(26)27)15-7-11(5-6-16(15)24)18(28)21-13-3-2-4-14(9-13)25-19(29)22-23-20(25)30;/h2-7,9,12H,8,10H2,1H3,(H,21,28)(H,22,29)(H,23,30)(H,26,27);/q;+1/p-1. The number of carboxylic acids is 1. The van der Waals surface area contributed by atoms with E-state index in [2.05, 4.69) is 15.5 Å². The minimum Gasteiger partial charge on any atom is -0.550 e. The Balaban J connectivity index is 0.00000272. The summed E-state index contributed by atoms with van der Waals surface area (Å²) in [6.45, 7) is 0.578. The molecule has 0 spiro atoms. The molecule has 11 heteroatoms. The SMILES string of the molecule is CN1CC(CC(=O)[O-])c2cc(C(=O)Nc3cccc(-n4c(=S)[nH][nH]c4=S)c3)ccc21.[K+]. The fourth-order valence-corrected chi connectivity index (χ4v) is 4.30. The summed E-state index contributed by atoms with van der Waals surface area (Å²) in [4.78, 5) is 25.9. The summed E-state index contributed by atoms with van der Waals surface area (Å²) in [7, 11) is 1.90. The number of nitrogens with zero attached hydrogens (tertiary/aromatic N) is 2. The van der Waals surface area contributed by atoms with Crippen LogP contribution in [0.4, 0.5) is 11.4 Å². The van der Waals surface area contributed by atoms with Crippen molar-refractivity contribution < 1.29 is 66.1 Å². The molecule has 1 atom stereocenters. The van der Waals surface area contributed by atoms with Crippen molar-refractivity contribution in [3.05, 3.63) is 63.1 Å². The molecule has 1 aliphatic heterocycles. The maximum atomic E-state index is 12.8. The number of hydrogen-bond donors (Lipinski definition) is 3. The zero-order valence-electron chi connectivity index (χ0n) is 17.0. The van der Waals surface area contributed by atoms with E-state index in [0.29, 0.717) is 33.0 Å². The summed E-state index contributed by atoms with van der Waals surface area (Å²) in [6.07, 6.45) is -0.0812. The van der Waals surface area contributed by atoms with Gasteiger partial charge >= 0.3 is 51.4 Å². The maximum Gasteiger partial charge on any atom is 1.00 e. The second-order valence-electron chi connectivity index (χ2n) is 7.13. The Morgan fingerprint density at radius 1 is 1.16 bits per heavy atom. The number of anilines is 2. The molecule has 8 nitrogen and oxygen atoms in total. The van der Waals surface area contributed by atoms with Gasteiger partial charge < -0.3 is 20.1 Å². The van der Waals surface area contributed by atoms with Gasteiger partial charge in [0.15, 0.2) is 9.54 Å².